The molecular weight excluding hydrogens is 164 g/mol. The molecule has 0 spiro atoms. The van der Waals surface area contributed by atoms with Gasteiger partial charge in [-0.15, -0.1) is 0 Å². The van der Waals surface area contributed by atoms with Crippen molar-refractivity contribution in [2.45, 2.75) is 32.6 Å². The topological polar surface area (TPSA) is 52.9 Å². The van der Waals surface area contributed by atoms with Crippen LogP contribution in [0.2, 0.25) is 0 Å². The lowest BCUT2D eigenvalue weighted by molar-refractivity contribution is -0.118. The lowest BCUT2D eigenvalue weighted by Crippen LogP contribution is -2.08. The highest BCUT2D eigenvalue weighted by Gasteiger charge is 2.13. The third-order valence-corrected chi connectivity index (χ3v) is 2.21. The van der Waals surface area contributed by atoms with E-state index in [-0.39, 0.29) is 5.78 Å². The lowest BCUT2D eigenvalue weighted by Gasteiger charge is -2.02. The Labute approximate surface area is 78.4 Å². The molecule has 1 rings (SSSR count). The number of nitriles is 1. The summed E-state index contributed by atoms with van der Waals surface area (Å²) >= 11 is 0. The highest BCUT2D eigenvalue weighted by atomic mass is 16.1. The minimum absolute atomic E-state index is 0.137. The zero-order valence-corrected chi connectivity index (χ0v) is 7.89. The maximum Gasteiger partial charge on any atom is 0.137 e. The normalized spacial score (nSPS) is 19.1. The van der Waals surface area contributed by atoms with Crippen LogP contribution in [0.5, 0.6) is 0 Å². The molecule has 0 bridgehead atoms. The summed E-state index contributed by atoms with van der Waals surface area (Å²) in [4.78, 5) is 11.1. The molecule has 0 amide bonds. The van der Waals surface area contributed by atoms with E-state index in [0.29, 0.717) is 18.4 Å². The van der Waals surface area contributed by atoms with Crippen molar-refractivity contribution < 1.29 is 4.79 Å². The molecule has 1 heterocycles. The standard InChI is InChI=1S/C10H14N2O/c1-2-9(13)6-8(7-11)10-4-3-5-12-10/h12H,2-6H2,1H3/b10-8+. The molecule has 0 unspecified atom stereocenters. The van der Waals surface area contributed by atoms with E-state index in [2.05, 4.69) is 11.4 Å². The number of allylic oxidation sites excluding steroid dienone is 2. The van der Waals surface area contributed by atoms with Crippen LogP contribution < -0.4 is 5.32 Å². The van der Waals surface area contributed by atoms with Crippen molar-refractivity contribution in [2.75, 3.05) is 6.54 Å². The van der Waals surface area contributed by atoms with E-state index >= 15 is 0 Å². The molecular formula is C10H14N2O. The molecule has 1 N–H and O–H groups in total. The van der Waals surface area contributed by atoms with Gasteiger partial charge in [-0.05, 0) is 12.8 Å². The first-order valence-electron chi connectivity index (χ1n) is 4.65. The van der Waals surface area contributed by atoms with Crippen molar-refractivity contribution in [3.63, 3.8) is 0 Å². The van der Waals surface area contributed by atoms with Gasteiger partial charge in [-0.3, -0.25) is 4.79 Å². The van der Waals surface area contributed by atoms with Gasteiger partial charge in [0.25, 0.3) is 0 Å². The van der Waals surface area contributed by atoms with Crippen molar-refractivity contribution >= 4 is 5.78 Å². The SMILES string of the molecule is CCC(=O)C/C(C#N)=C1/CCCN1. The number of ketones is 1. The summed E-state index contributed by atoms with van der Waals surface area (Å²) in [6.07, 6.45) is 2.80. The van der Waals surface area contributed by atoms with Crippen LogP contribution >= 0.6 is 0 Å². The van der Waals surface area contributed by atoms with Gasteiger partial charge in [0.1, 0.15) is 5.78 Å². The van der Waals surface area contributed by atoms with Crippen LogP contribution in [-0.4, -0.2) is 12.3 Å². The zero-order valence-electron chi connectivity index (χ0n) is 7.89. The Morgan fingerprint density at radius 3 is 2.92 bits per heavy atom. The predicted molar refractivity (Wildman–Crippen MR) is 49.8 cm³/mol. The quantitative estimate of drug-likeness (QED) is 0.666. The summed E-state index contributed by atoms with van der Waals surface area (Å²) in [5.41, 5.74) is 1.61. The second kappa shape index (κ2) is 4.66. The van der Waals surface area contributed by atoms with Crippen molar-refractivity contribution in [3.05, 3.63) is 11.3 Å². The van der Waals surface area contributed by atoms with E-state index in [9.17, 15) is 4.79 Å². The number of Topliss-reactive ketones (excluding diaryl/α,β-unsaturated/α-hetero) is 1. The molecule has 0 aromatic heterocycles. The molecule has 3 heteroatoms. The Bertz CT molecular complexity index is 265. The fraction of sp³-hybridized carbons (Fsp3) is 0.600. The van der Waals surface area contributed by atoms with Crippen molar-refractivity contribution in [1.29, 1.82) is 5.26 Å². The molecule has 70 valence electrons. The summed E-state index contributed by atoms with van der Waals surface area (Å²) in [7, 11) is 0. The minimum atomic E-state index is 0.137. The van der Waals surface area contributed by atoms with Crippen LogP contribution in [0.15, 0.2) is 11.3 Å². The second-order valence-electron chi connectivity index (χ2n) is 3.17. The minimum Gasteiger partial charge on any atom is -0.388 e. The highest BCUT2D eigenvalue weighted by Crippen LogP contribution is 2.16. The molecule has 13 heavy (non-hydrogen) atoms. The first-order valence-corrected chi connectivity index (χ1v) is 4.65. The van der Waals surface area contributed by atoms with E-state index in [1.54, 1.807) is 0 Å². The van der Waals surface area contributed by atoms with Gasteiger partial charge >= 0.3 is 0 Å². The Kier molecular flexibility index (Phi) is 3.51. The fourth-order valence-corrected chi connectivity index (χ4v) is 1.39. The number of hydrogen-bond donors (Lipinski definition) is 1. The molecule has 0 aliphatic carbocycles. The lowest BCUT2D eigenvalue weighted by atomic mass is 10.1. The Hall–Kier alpha value is -1.30. The summed E-state index contributed by atoms with van der Waals surface area (Å²) < 4.78 is 0. The third-order valence-electron chi connectivity index (χ3n) is 2.21. The molecule has 0 radical (unpaired) electrons. The van der Waals surface area contributed by atoms with Gasteiger partial charge in [0.15, 0.2) is 0 Å². The largest absolute Gasteiger partial charge is 0.388 e. The van der Waals surface area contributed by atoms with Gasteiger partial charge in [-0.1, -0.05) is 6.92 Å². The van der Waals surface area contributed by atoms with Gasteiger partial charge < -0.3 is 5.32 Å². The van der Waals surface area contributed by atoms with E-state index in [0.717, 1.165) is 25.1 Å². The summed E-state index contributed by atoms with van der Waals surface area (Å²) in [6.45, 7) is 2.75. The van der Waals surface area contributed by atoms with Crippen molar-refractivity contribution in [1.82, 2.24) is 5.32 Å². The van der Waals surface area contributed by atoms with Gasteiger partial charge in [-0.25, -0.2) is 0 Å². The maximum atomic E-state index is 11.1. The summed E-state index contributed by atoms with van der Waals surface area (Å²) in [5.74, 6) is 0.137. The average molecular weight is 178 g/mol. The summed E-state index contributed by atoms with van der Waals surface area (Å²) in [5, 5.41) is 12.0. The molecule has 0 aromatic rings. The van der Waals surface area contributed by atoms with Crippen LogP contribution in [-0.2, 0) is 4.79 Å². The first kappa shape index (κ1) is 9.79. The molecule has 1 fully saturated rings. The second-order valence-corrected chi connectivity index (χ2v) is 3.17. The smallest absolute Gasteiger partial charge is 0.137 e. The van der Waals surface area contributed by atoms with Crippen LogP contribution in [0.4, 0.5) is 0 Å². The number of carbonyl (C=O) groups is 1. The van der Waals surface area contributed by atoms with E-state index in [4.69, 9.17) is 5.26 Å². The number of nitrogens with zero attached hydrogens (tertiary/aromatic N) is 1. The number of nitrogens with one attached hydrogen (secondary N) is 1. The van der Waals surface area contributed by atoms with Crippen LogP contribution in [0.25, 0.3) is 0 Å². The average Bonchev–Trinajstić information content (AvgIpc) is 2.66. The first-order chi connectivity index (χ1) is 6.27. The van der Waals surface area contributed by atoms with Crippen LogP contribution in [0.3, 0.4) is 0 Å². The van der Waals surface area contributed by atoms with Crippen LogP contribution in [0, 0.1) is 11.3 Å². The van der Waals surface area contributed by atoms with Gasteiger partial charge in [0.2, 0.25) is 0 Å². The molecule has 3 nitrogen and oxygen atoms in total. The number of rotatable bonds is 3. The third kappa shape index (κ3) is 2.59. The van der Waals surface area contributed by atoms with Crippen LogP contribution in [0.1, 0.15) is 32.6 Å². The fourth-order valence-electron chi connectivity index (χ4n) is 1.39. The molecule has 1 saturated heterocycles. The highest BCUT2D eigenvalue weighted by molar-refractivity contribution is 5.81. The molecule has 0 aromatic carbocycles. The Balaban J connectivity index is 2.67. The molecule has 1 aliphatic rings. The number of carbonyl (C=O) groups excluding carboxylic acids is 1. The van der Waals surface area contributed by atoms with E-state index in [1.807, 2.05) is 6.92 Å². The van der Waals surface area contributed by atoms with E-state index in [1.165, 1.54) is 0 Å². The maximum absolute atomic E-state index is 11.1. The monoisotopic (exact) mass is 178 g/mol. The Morgan fingerprint density at radius 2 is 2.46 bits per heavy atom. The molecule has 1 aliphatic heterocycles. The Morgan fingerprint density at radius 1 is 1.69 bits per heavy atom. The number of hydrogen-bond acceptors (Lipinski definition) is 3. The molecule has 0 atom stereocenters. The van der Waals surface area contributed by atoms with Gasteiger partial charge in [0.05, 0.1) is 11.6 Å². The summed E-state index contributed by atoms with van der Waals surface area (Å²) in [6, 6.07) is 2.11. The van der Waals surface area contributed by atoms with Gasteiger partial charge in [-0.2, -0.15) is 5.26 Å². The zero-order chi connectivity index (χ0) is 9.68. The van der Waals surface area contributed by atoms with Crippen molar-refractivity contribution in [2.24, 2.45) is 0 Å². The van der Waals surface area contributed by atoms with Gasteiger partial charge in [0, 0.05) is 25.1 Å². The van der Waals surface area contributed by atoms with Crippen molar-refractivity contribution in [3.8, 4) is 6.07 Å². The molecule has 0 saturated carbocycles. The predicted octanol–water partition coefficient (Wildman–Crippen LogP) is 1.52. The van der Waals surface area contributed by atoms with E-state index < -0.39 is 0 Å².